The number of hydrogen-bond acceptors (Lipinski definition) is 5. The van der Waals surface area contributed by atoms with Crippen molar-refractivity contribution >= 4 is 34.5 Å². The number of aliphatic hydroxyl groups excluding tert-OH is 1. The summed E-state index contributed by atoms with van der Waals surface area (Å²) in [6.45, 7) is -0.303. The third kappa shape index (κ3) is 3.35. The molecule has 6 nitrogen and oxygen atoms in total. The van der Waals surface area contributed by atoms with Crippen LogP contribution in [-0.4, -0.2) is 27.0 Å². The van der Waals surface area contributed by atoms with Gasteiger partial charge in [0.15, 0.2) is 0 Å². The molecule has 142 valence electrons. The molecule has 0 spiro atoms. The molecule has 1 atom stereocenters. The quantitative estimate of drug-likeness (QED) is 0.501. The number of nitrogens with zero attached hydrogens (tertiary/aromatic N) is 2. The molecule has 1 amide bonds. The number of ether oxygens (including phenoxy) is 1. The summed E-state index contributed by atoms with van der Waals surface area (Å²) < 4.78 is 7.87. The number of fused-ring (bicyclic) bond motifs is 1. The summed E-state index contributed by atoms with van der Waals surface area (Å²) in [7, 11) is 0. The van der Waals surface area contributed by atoms with Gasteiger partial charge in [0, 0.05) is 22.8 Å². The van der Waals surface area contributed by atoms with Crippen molar-refractivity contribution in [2.24, 2.45) is 5.73 Å². The van der Waals surface area contributed by atoms with E-state index in [2.05, 4.69) is 4.98 Å². The molecule has 1 aromatic carbocycles. The summed E-state index contributed by atoms with van der Waals surface area (Å²) in [5, 5.41) is 10.3. The highest BCUT2D eigenvalue weighted by Gasteiger charge is 2.23. The first-order valence-electron chi connectivity index (χ1n) is 8.46. The number of benzene rings is 1. The molecule has 0 saturated carbocycles. The van der Waals surface area contributed by atoms with Crippen LogP contribution in [0.4, 0.5) is 0 Å². The monoisotopic (exact) mass is 413 g/mol. The van der Waals surface area contributed by atoms with E-state index in [9.17, 15) is 9.90 Å². The van der Waals surface area contributed by atoms with Crippen molar-refractivity contribution in [3.05, 3.63) is 76.4 Å². The van der Waals surface area contributed by atoms with E-state index in [1.165, 1.54) is 11.3 Å². The number of primary amides is 1. The smallest absolute Gasteiger partial charge is 0.262 e. The Morgan fingerprint density at radius 2 is 2.07 bits per heavy atom. The van der Waals surface area contributed by atoms with Gasteiger partial charge in [0.05, 0.1) is 23.4 Å². The molecule has 0 fully saturated rings. The molecule has 0 aliphatic heterocycles. The molecular formula is C20H16ClN3O3S. The topological polar surface area (TPSA) is 89.9 Å². The van der Waals surface area contributed by atoms with Gasteiger partial charge >= 0.3 is 0 Å². The molecule has 4 rings (SSSR count). The van der Waals surface area contributed by atoms with E-state index in [1.54, 1.807) is 36.5 Å². The van der Waals surface area contributed by atoms with E-state index in [1.807, 2.05) is 28.8 Å². The van der Waals surface area contributed by atoms with Crippen LogP contribution in [0.1, 0.15) is 21.3 Å². The Bertz CT molecular complexity index is 1150. The highest BCUT2D eigenvalue weighted by molar-refractivity contribution is 7.17. The van der Waals surface area contributed by atoms with Crippen LogP contribution >= 0.6 is 22.9 Å². The third-order valence-electron chi connectivity index (χ3n) is 4.28. The lowest BCUT2D eigenvalue weighted by atomic mass is 10.1. The molecule has 3 N–H and O–H groups in total. The van der Waals surface area contributed by atoms with E-state index in [0.717, 1.165) is 16.2 Å². The maximum absolute atomic E-state index is 12.0. The summed E-state index contributed by atoms with van der Waals surface area (Å²) in [4.78, 5) is 17.4. The SMILES string of the molecule is NC(=O)c1sc(-c2cnc3ccccn23)cc1OC(CO)c1ccccc1Cl. The van der Waals surface area contributed by atoms with E-state index in [0.29, 0.717) is 16.3 Å². The number of rotatable bonds is 6. The second-order valence-electron chi connectivity index (χ2n) is 6.05. The van der Waals surface area contributed by atoms with Crippen LogP contribution in [0.3, 0.4) is 0 Å². The standard InChI is InChI=1S/C20H16ClN3O3S/c21-13-6-2-1-5-12(13)16(11-25)27-15-9-17(28-19(15)20(22)26)14-10-23-18-7-3-4-8-24(14)18/h1-10,16,25H,11H2,(H2,22,26). The molecule has 0 aliphatic carbocycles. The van der Waals surface area contributed by atoms with Gasteiger partial charge in [0.25, 0.3) is 5.91 Å². The van der Waals surface area contributed by atoms with Gasteiger partial charge in [-0.15, -0.1) is 11.3 Å². The molecule has 0 aliphatic rings. The number of carbonyl (C=O) groups is 1. The molecule has 3 heterocycles. The van der Waals surface area contributed by atoms with Crippen molar-refractivity contribution in [3.63, 3.8) is 0 Å². The largest absolute Gasteiger partial charge is 0.482 e. The zero-order valence-electron chi connectivity index (χ0n) is 14.6. The van der Waals surface area contributed by atoms with Crippen LogP contribution in [0.2, 0.25) is 5.02 Å². The van der Waals surface area contributed by atoms with Crippen LogP contribution in [0, 0.1) is 0 Å². The Labute approximate surface area is 169 Å². The minimum Gasteiger partial charge on any atom is -0.482 e. The zero-order valence-corrected chi connectivity index (χ0v) is 16.2. The first-order chi connectivity index (χ1) is 13.6. The Kier molecular flexibility index (Phi) is 5.04. The van der Waals surface area contributed by atoms with Gasteiger partial charge in [0.1, 0.15) is 22.4 Å². The maximum Gasteiger partial charge on any atom is 0.262 e. The molecule has 4 aromatic rings. The van der Waals surface area contributed by atoms with E-state index < -0.39 is 12.0 Å². The average Bonchev–Trinajstić information content (AvgIpc) is 3.30. The minimum atomic E-state index is -0.726. The summed E-state index contributed by atoms with van der Waals surface area (Å²) in [5.74, 6) is -0.298. The first kappa shape index (κ1) is 18.5. The van der Waals surface area contributed by atoms with Gasteiger partial charge < -0.3 is 15.6 Å². The first-order valence-corrected chi connectivity index (χ1v) is 9.66. The Morgan fingerprint density at radius 1 is 1.29 bits per heavy atom. The lowest BCUT2D eigenvalue weighted by Gasteiger charge is -2.18. The highest BCUT2D eigenvalue weighted by Crippen LogP contribution is 2.39. The molecule has 0 radical (unpaired) electrons. The number of imidazole rings is 1. The fraction of sp³-hybridized carbons (Fsp3) is 0.100. The van der Waals surface area contributed by atoms with E-state index in [-0.39, 0.29) is 11.5 Å². The van der Waals surface area contributed by atoms with E-state index >= 15 is 0 Å². The number of hydrogen-bond donors (Lipinski definition) is 2. The molecule has 0 saturated heterocycles. The van der Waals surface area contributed by atoms with Crippen molar-refractivity contribution < 1.29 is 14.6 Å². The zero-order chi connectivity index (χ0) is 19.7. The second kappa shape index (κ2) is 7.63. The molecule has 8 heteroatoms. The number of carbonyl (C=O) groups excluding carboxylic acids is 1. The number of thiophene rings is 1. The van der Waals surface area contributed by atoms with Gasteiger partial charge in [-0.3, -0.25) is 9.20 Å². The number of amides is 1. The third-order valence-corrected chi connectivity index (χ3v) is 5.78. The fourth-order valence-corrected chi connectivity index (χ4v) is 4.17. The van der Waals surface area contributed by atoms with Crippen molar-refractivity contribution in [3.8, 4) is 16.3 Å². The summed E-state index contributed by atoms with van der Waals surface area (Å²) in [6.07, 6.45) is 2.89. The maximum atomic E-state index is 12.0. The lowest BCUT2D eigenvalue weighted by molar-refractivity contribution is 0.0976. The summed E-state index contributed by atoms with van der Waals surface area (Å²) in [5.41, 5.74) is 7.80. The molecule has 0 bridgehead atoms. The Balaban J connectivity index is 1.75. The number of aliphatic hydroxyl groups is 1. The molecule has 1 unspecified atom stereocenters. The van der Waals surface area contributed by atoms with Crippen molar-refractivity contribution in [2.45, 2.75) is 6.10 Å². The van der Waals surface area contributed by atoms with Crippen LogP contribution in [0.25, 0.3) is 16.2 Å². The lowest BCUT2D eigenvalue weighted by Crippen LogP contribution is -2.15. The van der Waals surface area contributed by atoms with Gasteiger partial charge in [0.2, 0.25) is 0 Å². The van der Waals surface area contributed by atoms with Gasteiger partial charge in [-0.1, -0.05) is 35.9 Å². The molecule has 28 heavy (non-hydrogen) atoms. The van der Waals surface area contributed by atoms with Gasteiger partial charge in [-0.25, -0.2) is 4.98 Å². The minimum absolute atomic E-state index is 0.270. The van der Waals surface area contributed by atoms with Crippen LogP contribution < -0.4 is 10.5 Å². The summed E-state index contributed by atoms with van der Waals surface area (Å²) >= 11 is 7.44. The Hall–Kier alpha value is -2.87. The van der Waals surface area contributed by atoms with Gasteiger partial charge in [-0.2, -0.15) is 0 Å². The number of nitrogens with two attached hydrogens (primary N) is 1. The molecular weight excluding hydrogens is 398 g/mol. The number of pyridine rings is 1. The van der Waals surface area contributed by atoms with Crippen molar-refractivity contribution in [2.75, 3.05) is 6.61 Å². The van der Waals surface area contributed by atoms with E-state index in [4.69, 9.17) is 22.1 Å². The molecule has 3 aromatic heterocycles. The fourth-order valence-electron chi connectivity index (χ4n) is 2.96. The summed E-state index contributed by atoms with van der Waals surface area (Å²) in [6, 6.07) is 14.5. The second-order valence-corrected chi connectivity index (χ2v) is 7.51. The average molecular weight is 414 g/mol. The predicted octanol–water partition coefficient (Wildman–Crippen LogP) is 3.93. The number of aromatic nitrogens is 2. The Morgan fingerprint density at radius 3 is 2.82 bits per heavy atom. The van der Waals surface area contributed by atoms with Gasteiger partial charge in [-0.05, 0) is 18.2 Å². The normalized spacial score (nSPS) is 12.2. The van der Waals surface area contributed by atoms with Crippen LogP contribution in [0.5, 0.6) is 5.75 Å². The predicted molar refractivity (Wildman–Crippen MR) is 109 cm³/mol. The van der Waals surface area contributed by atoms with Crippen LogP contribution in [-0.2, 0) is 0 Å². The van der Waals surface area contributed by atoms with Crippen LogP contribution in [0.15, 0.2) is 60.9 Å². The number of halogens is 1. The highest BCUT2D eigenvalue weighted by atomic mass is 35.5. The van der Waals surface area contributed by atoms with Crippen molar-refractivity contribution in [1.29, 1.82) is 0 Å². The van der Waals surface area contributed by atoms with Crippen molar-refractivity contribution in [1.82, 2.24) is 9.38 Å².